The number of hydrogen-bond acceptors (Lipinski definition) is 4. The summed E-state index contributed by atoms with van der Waals surface area (Å²) in [5.74, 6) is 1.73. The van der Waals surface area contributed by atoms with E-state index in [1.54, 1.807) is 0 Å². The predicted octanol–water partition coefficient (Wildman–Crippen LogP) is -0.983. The van der Waals surface area contributed by atoms with E-state index in [-0.39, 0.29) is 5.91 Å². The van der Waals surface area contributed by atoms with E-state index in [0.29, 0.717) is 6.54 Å². The molecule has 2 rings (SSSR count). The van der Waals surface area contributed by atoms with E-state index in [2.05, 4.69) is 20.8 Å². The van der Waals surface area contributed by atoms with Gasteiger partial charge in [0, 0.05) is 20.0 Å². The third-order valence-corrected chi connectivity index (χ3v) is 2.19. The summed E-state index contributed by atoms with van der Waals surface area (Å²) < 4.78 is 2.05. The molecule has 1 amide bonds. The monoisotopic (exact) mass is 195 g/mol. The second-order valence-corrected chi connectivity index (χ2v) is 3.27. The molecule has 0 radical (unpaired) electrons. The summed E-state index contributed by atoms with van der Waals surface area (Å²) in [6.07, 6.45) is 0. The average Bonchev–Trinajstić information content (AvgIpc) is 2.58. The number of carbonyl (C=O) groups excluding carboxylic acids is 1. The van der Waals surface area contributed by atoms with Crippen LogP contribution in [-0.2, 0) is 24.4 Å². The molecule has 2 heterocycles. The molecule has 0 fully saturated rings. The largest absolute Gasteiger partial charge is 0.349 e. The first-order valence-electron chi connectivity index (χ1n) is 4.63. The molecular formula is C8H13N5O. The Morgan fingerprint density at radius 1 is 1.64 bits per heavy atom. The van der Waals surface area contributed by atoms with Gasteiger partial charge in [0.05, 0.1) is 13.1 Å². The molecule has 76 valence electrons. The van der Waals surface area contributed by atoms with Gasteiger partial charge in [0.2, 0.25) is 5.91 Å². The lowest BCUT2D eigenvalue weighted by Gasteiger charge is -2.15. The van der Waals surface area contributed by atoms with Gasteiger partial charge in [0.15, 0.2) is 5.82 Å². The Morgan fingerprint density at radius 3 is 3.29 bits per heavy atom. The van der Waals surface area contributed by atoms with Crippen LogP contribution in [0.15, 0.2) is 0 Å². The van der Waals surface area contributed by atoms with Crippen LogP contribution in [0.2, 0.25) is 0 Å². The van der Waals surface area contributed by atoms with Crippen LogP contribution in [0.5, 0.6) is 0 Å². The lowest BCUT2D eigenvalue weighted by molar-refractivity contribution is -0.119. The zero-order valence-electron chi connectivity index (χ0n) is 8.08. The normalized spacial score (nSPS) is 14.9. The molecule has 14 heavy (non-hydrogen) atoms. The number of nitrogens with zero attached hydrogens (tertiary/aromatic N) is 3. The van der Waals surface area contributed by atoms with Crippen molar-refractivity contribution in [3.63, 3.8) is 0 Å². The number of carbonyl (C=O) groups is 1. The summed E-state index contributed by atoms with van der Waals surface area (Å²) in [6, 6.07) is 0. The maximum absolute atomic E-state index is 10.7. The van der Waals surface area contributed by atoms with Crippen LogP contribution in [0.3, 0.4) is 0 Å². The van der Waals surface area contributed by atoms with Gasteiger partial charge in [0.1, 0.15) is 5.82 Å². The fourth-order valence-electron chi connectivity index (χ4n) is 1.49. The molecule has 0 bridgehead atoms. The molecule has 0 atom stereocenters. The highest BCUT2D eigenvalue weighted by Crippen LogP contribution is 2.05. The Labute approximate surface area is 81.7 Å². The van der Waals surface area contributed by atoms with Gasteiger partial charge in [0.25, 0.3) is 0 Å². The average molecular weight is 195 g/mol. The van der Waals surface area contributed by atoms with Crippen LogP contribution in [-0.4, -0.2) is 27.2 Å². The van der Waals surface area contributed by atoms with E-state index in [4.69, 9.17) is 0 Å². The van der Waals surface area contributed by atoms with E-state index in [0.717, 1.165) is 31.3 Å². The first-order chi connectivity index (χ1) is 6.77. The van der Waals surface area contributed by atoms with Gasteiger partial charge in [-0.25, -0.2) is 0 Å². The van der Waals surface area contributed by atoms with Crippen LogP contribution in [0.25, 0.3) is 0 Å². The van der Waals surface area contributed by atoms with Crippen molar-refractivity contribution in [2.75, 3.05) is 6.54 Å². The van der Waals surface area contributed by atoms with Crippen LogP contribution in [0, 0.1) is 0 Å². The number of amides is 1. The molecule has 6 heteroatoms. The SMILES string of the molecule is CC(=O)NCc1nnc2n1CCNC2. The zero-order valence-corrected chi connectivity index (χ0v) is 8.08. The van der Waals surface area contributed by atoms with Gasteiger partial charge in [-0.05, 0) is 0 Å². The number of nitrogens with one attached hydrogen (secondary N) is 2. The van der Waals surface area contributed by atoms with E-state index < -0.39 is 0 Å². The van der Waals surface area contributed by atoms with E-state index in [1.165, 1.54) is 6.92 Å². The minimum Gasteiger partial charge on any atom is -0.349 e. The number of fused-ring (bicyclic) bond motifs is 1. The van der Waals surface area contributed by atoms with Gasteiger partial charge < -0.3 is 15.2 Å². The van der Waals surface area contributed by atoms with Gasteiger partial charge in [-0.15, -0.1) is 10.2 Å². The van der Waals surface area contributed by atoms with Crippen molar-refractivity contribution in [1.29, 1.82) is 0 Å². The van der Waals surface area contributed by atoms with Crippen molar-refractivity contribution in [2.24, 2.45) is 0 Å². The molecule has 1 aliphatic heterocycles. The summed E-state index contributed by atoms with van der Waals surface area (Å²) >= 11 is 0. The molecular weight excluding hydrogens is 182 g/mol. The number of aromatic nitrogens is 3. The fraction of sp³-hybridized carbons (Fsp3) is 0.625. The highest BCUT2D eigenvalue weighted by molar-refractivity contribution is 5.72. The smallest absolute Gasteiger partial charge is 0.217 e. The minimum absolute atomic E-state index is 0.0451. The van der Waals surface area contributed by atoms with Crippen molar-refractivity contribution >= 4 is 5.91 Å². The molecule has 6 nitrogen and oxygen atoms in total. The van der Waals surface area contributed by atoms with Gasteiger partial charge >= 0.3 is 0 Å². The molecule has 0 saturated heterocycles. The summed E-state index contributed by atoms with van der Waals surface area (Å²) in [7, 11) is 0. The number of hydrogen-bond donors (Lipinski definition) is 2. The van der Waals surface area contributed by atoms with Crippen molar-refractivity contribution in [1.82, 2.24) is 25.4 Å². The highest BCUT2D eigenvalue weighted by atomic mass is 16.1. The van der Waals surface area contributed by atoms with Crippen molar-refractivity contribution in [3.8, 4) is 0 Å². The topological polar surface area (TPSA) is 71.8 Å². The quantitative estimate of drug-likeness (QED) is 0.636. The molecule has 0 saturated carbocycles. The van der Waals surface area contributed by atoms with Crippen molar-refractivity contribution in [2.45, 2.75) is 26.6 Å². The minimum atomic E-state index is -0.0451. The maximum atomic E-state index is 10.7. The molecule has 1 aromatic heterocycles. The van der Waals surface area contributed by atoms with E-state index in [9.17, 15) is 4.79 Å². The standard InChI is InChI=1S/C8H13N5O/c1-6(14)10-5-8-12-11-7-4-9-2-3-13(7)8/h9H,2-5H2,1H3,(H,10,14). The lowest BCUT2D eigenvalue weighted by atomic mass is 10.4. The molecule has 0 spiro atoms. The number of rotatable bonds is 2. The molecule has 0 unspecified atom stereocenters. The molecule has 1 aliphatic rings. The van der Waals surface area contributed by atoms with Crippen molar-refractivity contribution < 1.29 is 4.79 Å². The molecule has 0 aromatic carbocycles. The van der Waals surface area contributed by atoms with Gasteiger partial charge in [-0.1, -0.05) is 0 Å². The Kier molecular flexibility index (Phi) is 2.45. The highest BCUT2D eigenvalue weighted by Gasteiger charge is 2.14. The maximum Gasteiger partial charge on any atom is 0.217 e. The van der Waals surface area contributed by atoms with Crippen LogP contribution >= 0.6 is 0 Å². The Morgan fingerprint density at radius 2 is 2.50 bits per heavy atom. The summed E-state index contributed by atoms with van der Waals surface area (Å²) in [5.41, 5.74) is 0. The molecule has 0 aliphatic carbocycles. The third-order valence-electron chi connectivity index (χ3n) is 2.19. The Hall–Kier alpha value is -1.43. The van der Waals surface area contributed by atoms with E-state index >= 15 is 0 Å². The van der Waals surface area contributed by atoms with Gasteiger partial charge in [-0.3, -0.25) is 4.79 Å². The first-order valence-corrected chi connectivity index (χ1v) is 4.63. The molecule has 2 N–H and O–H groups in total. The second kappa shape index (κ2) is 3.75. The van der Waals surface area contributed by atoms with Crippen LogP contribution < -0.4 is 10.6 Å². The fourth-order valence-corrected chi connectivity index (χ4v) is 1.49. The van der Waals surface area contributed by atoms with Crippen molar-refractivity contribution in [3.05, 3.63) is 11.6 Å². The predicted molar refractivity (Wildman–Crippen MR) is 49.2 cm³/mol. The first kappa shape index (κ1) is 9.14. The van der Waals surface area contributed by atoms with Crippen LogP contribution in [0.4, 0.5) is 0 Å². The Bertz CT molecular complexity index is 346. The Balaban J connectivity index is 2.10. The third kappa shape index (κ3) is 1.74. The summed E-state index contributed by atoms with van der Waals surface area (Å²) in [4.78, 5) is 10.7. The van der Waals surface area contributed by atoms with Crippen LogP contribution in [0.1, 0.15) is 18.6 Å². The summed E-state index contributed by atoms with van der Waals surface area (Å²) in [6.45, 7) is 4.51. The lowest BCUT2D eigenvalue weighted by Crippen LogP contribution is -2.30. The zero-order chi connectivity index (χ0) is 9.97. The van der Waals surface area contributed by atoms with Gasteiger partial charge in [-0.2, -0.15) is 0 Å². The van der Waals surface area contributed by atoms with E-state index in [1.807, 2.05) is 4.57 Å². The summed E-state index contributed by atoms with van der Waals surface area (Å²) in [5, 5.41) is 14.0. The molecule has 1 aromatic rings. The second-order valence-electron chi connectivity index (χ2n) is 3.27.